The summed E-state index contributed by atoms with van der Waals surface area (Å²) in [5.41, 5.74) is 5.55. The van der Waals surface area contributed by atoms with Gasteiger partial charge in [0.15, 0.2) is 0 Å². The second kappa shape index (κ2) is 14.7. The average molecular weight is 476 g/mol. The number of aliphatic hydroxyl groups excluding tert-OH is 1. The van der Waals surface area contributed by atoms with Crippen LogP contribution in [0.4, 0.5) is 0 Å². The van der Waals surface area contributed by atoms with Gasteiger partial charge in [-0.1, -0.05) is 20.3 Å². The number of nitrogens with two attached hydrogens (primary N) is 1. The topological polar surface area (TPSA) is 245 Å². The molecule has 0 fully saturated rings. The first kappa shape index (κ1) is 29.7. The van der Waals surface area contributed by atoms with Gasteiger partial charge in [0.1, 0.15) is 18.1 Å². The number of carboxylic acids is 3. The Morgan fingerprint density at radius 1 is 0.788 bits per heavy atom. The molecule has 14 nitrogen and oxygen atoms in total. The molecule has 0 saturated carbocycles. The molecule has 3 amide bonds. The molecule has 0 bridgehead atoms. The van der Waals surface area contributed by atoms with Crippen molar-refractivity contribution in [3.63, 3.8) is 0 Å². The Labute approximate surface area is 189 Å². The lowest BCUT2D eigenvalue weighted by atomic mass is 9.98. The van der Waals surface area contributed by atoms with E-state index in [1.807, 2.05) is 0 Å². The summed E-state index contributed by atoms with van der Waals surface area (Å²) in [6, 6.07) is -5.60. The standard InChI is InChI=1S/C19H32N4O10/c1-3-9(2)15(19(32)33)23-17(30)11(5-7-14(27)28)21-18(31)12(8-24)22-16(29)10(20)4-6-13(25)26/h9-12,15,24H,3-8,20H2,1-2H3,(H,21,31)(H,22,29)(H,23,30)(H,25,26)(H,27,28)(H,32,33). The van der Waals surface area contributed by atoms with Crippen molar-refractivity contribution in [3.05, 3.63) is 0 Å². The minimum atomic E-state index is -1.57. The fourth-order valence-corrected chi connectivity index (χ4v) is 2.63. The lowest BCUT2D eigenvalue weighted by Gasteiger charge is -2.25. The van der Waals surface area contributed by atoms with Crippen molar-refractivity contribution >= 4 is 35.6 Å². The molecule has 14 heteroatoms. The number of carbonyl (C=O) groups excluding carboxylic acids is 3. The first-order chi connectivity index (χ1) is 15.3. The molecule has 0 aliphatic rings. The fourth-order valence-electron chi connectivity index (χ4n) is 2.63. The minimum Gasteiger partial charge on any atom is -0.481 e. The van der Waals surface area contributed by atoms with Gasteiger partial charge in [0.2, 0.25) is 17.7 Å². The number of hydrogen-bond donors (Lipinski definition) is 8. The van der Waals surface area contributed by atoms with Crippen LogP contribution in [-0.2, 0) is 28.8 Å². The maximum absolute atomic E-state index is 12.6. The highest BCUT2D eigenvalue weighted by Gasteiger charge is 2.32. The van der Waals surface area contributed by atoms with Crippen LogP contribution in [0.15, 0.2) is 0 Å². The third-order valence-corrected chi connectivity index (χ3v) is 4.88. The molecule has 5 unspecified atom stereocenters. The smallest absolute Gasteiger partial charge is 0.326 e. The Kier molecular flexibility index (Phi) is 13.3. The molecule has 0 aromatic rings. The Hall–Kier alpha value is -3.26. The number of carboxylic acid groups (broad SMARTS) is 3. The summed E-state index contributed by atoms with van der Waals surface area (Å²) in [6.45, 7) is 2.40. The zero-order valence-corrected chi connectivity index (χ0v) is 18.4. The van der Waals surface area contributed by atoms with E-state index in [4.69, 9.17) is 15.9 Å². The van der Waals surface area contributed by atoms with Crippen molar-refractivity contribution in [2.75, 3.05) is 6.61 Å². The molecular formula is C19H32N4O10. The van der Waals surface area contributed by atoms with Gasteiger partial charge >= 0.3 is 17.9 Å². The zero-order chi connectivity index (χ0) is 25.7. The number of hydrogen-bond acceptors (Lipinski definition) is 8. The maximum atomic E-state index is 12.6. The summed E-state index contributed by atoms with van der Waals surface area (Å²) in [5.74, 6) is -7.12. The first-order valence-corrected chi connectivity index (χ1v) is 10.3. The number of rotatable bonds is 16. The van der Waals surface area contributed by atoms with Crippen molar-refractivity contribution in [3.8, 4) is 0 Å². The summed E-state index contributed by atoms with van der Waals surface area (Å²) >= 11 is 0. The number of aliphatic carboxylic acids is 3. The van der Waals surface area contributed by atoms with Crippen molar-refractivity contribution in [1.29, 1.82) is 0 Å². The van der Waals surface area contributed by atoms with E-state index in [1.165, 1.54) is 0 Å². The van der Waals surface area contributed by atoms with Gasteiger partial charge in [-0.05, 0) is 18.8 Å². The molecule has 0 aliphatic carbocycles. The molecule has 0 rings (SSSR count). The van der Waals surface area contributed by atoms with Crippen LogP contribution in [0.1, 0.15) is 46.0 Å². The predicted molar refractivity (Wildman–Crippen MR) is 112 cm³/mol. The Bertz CT molecular complexity index is 729. The summed E-state index contributed by atoms with van der Waals surface area (Å²) in [7, 11) is 0. The fraction of sp³-hybridized carbons (Fsp3) is 0.684. The van der Waals surface area contributed by atoms with Crippen molar-refractivity contribution < 1.29 is 49.2 Å². The molecule has 0 aliphatic heterocycles. The summed E-state index contributed by atoms with van der Waals surface area (Å²) in [5, 5.41) is 42.9. The van der Waals surface area contributed by atoms with E-state index in [0.717, 1.165) is 0 Å². The van der Waals surface area contributed by atoms with Crippen molar-refractivity contribution in [2.45, 2.75) is 70.1 Å². The normalized spacial score (nSPS) is 15.3. The van der Waals surface area contributed by atoms with Gasteiger partial charge in [-0.2, -0.15) is 0 Å². The second-order valence-electron chi connectivity index (χ2n) is 7.49. The molecule has 0 aromatic heterocycles. The summed E-state index contributed by atoms with van der Waals surface area (Å²) < 4.78 is 0. The van der Waals surface area contributed by atoms with Gasteiger partial charge in [0.25, 0.3) is 0 Å². The van der Waals surface area contributed by atoms with Crippen LogP contribution in [-0.4, -0.2) is 86.8 Å². The van der Waals surface area contributed by atoms with Crippen molar-refractivity contribution in [2.24, 2.45) is 11.7 Å². The van der Waals surface area contributed by atoms with Crippen LogP contribution in [0, 0.1) is 5.92 Å². The molecule has 0 radical (unpaired) electrons. The van der Waals surface area contributed by atoms with Gasteiger partial charge in [-0.25, -0.2) is 4.79 Å². The SMILES string of the molecule is CCC(C)C(NC(=O)C(CCC(=O)O)NC(=O)C(CO)NC(=O)C(N)CCC(=O)O)C(=O)O. The van der Waals surface area contributed by atoms with Gasteiger partial charge in [0.05, 0.1) is 12.6 Å². The van der Waals surface area contributed by atoms with Crippen LogP contribution < -0.4 is 21.7 Å². The number of amides is 3. The molecular weight excluding hydrogens is 444 g/mol. The Balaban J connectivity index is 5.35. The van der Waals surface area contributed by atoms with Gasteiger partial charge in [0, 0.05) is 12.8 Å². The largest absolute Gasteiger partial charge is 0.481 e. The summed E-state index contributed by atoms with van der Waals surface area (Å²) in [6.07, 6.45) is -1.12. The van der Waals surface area contributed by atoms with Crippen LogP contribution in [0.2, 0.25) is 0 Å². The molecule has 9 N–H and O–H groups in total. The number of carbonyl (C=O) groups is 6. The zero-order valence-electron chi connectivity index (χ0n) is 18.4. The molecule has 0 saturated heterocycles. The molecule has 5 atom stereocenters. The van der Waals surface area contributed by atoms with E-state index in [9.17, 15) is 39.0 Å². The first-order valence-electron chi connectivity index (χ1n) is 10.3. The number of nitrogens with one attached hydrogen (secondary N) is 3. The van der Waals surface area contributed by atoms with Gasteiger partial charge in [-0.15, -0.1) is 0 Å². The average Bonchev–Trinajstić information content (AvgIpc) is 2.75. The minimum absolute atomic E-state index is 0.225. The lowest BCUT2D eigenvalue weighted by molar-refractivity contribution is -0.144. The highest BCUT2D eigenvalue weighted by atomic mass is 16.4. The monoisotopic (exact) mass is 476 g/mol. The van der Waals surface area contributed by atoms with E-state index < -0.39 is 85.2 Å². The molecule has 0 spiro atoms. The lowest BCUT2D eigenvalue weighted by Crippen LogP contribution is -2.58. The second-order valence-corrected chi connectivity index (χ2v) is 7.49. The highest BCUT2D eigenvalue weighted by molar-refractivity contribution is 5.94. The van der Waals surface area contributed by atoms with E-state index >= 15 is 0 Å². The van der Waals surface area contributed by atoms with Crippen LogP contribution in [0.5, 0.6) is 0 Å². The summed E-state index contributed by atoms with van der Waals surface area (Å²) in [4.78, 5) is 70.1. The van der Waals surface area contributed by atoms with E-state index in [2.05, 4.69) is 16.0 Å². The quantitative estimate of drug-likeness (QED) is 0.117. The van der Waals surface area contributed by atoms with E-state index in [0.29, 0.717) is 6.42 Å². The van der Waals surface area contributed by atoms with E-state index in [1.54, 1.807) is 13.8 Å². The van der Waals surface area contributed by atoms with Crippen LogP contribution >= 0.6 is 0 Å². The molecule has 33 heavy (non-hydrogen) atoms. The maximum Gasteiger partial charge on any atom is 0.326 e. The molecule has 0 aromatic carbocycles. The predicted octanol–water partition coefficient (Wildman–Crippen LogP) is -2.38. The van der Waals surface area contributed by atoms with Gasteiger partial charge in [-0.3, -0.25) is 24.0 Å². The van der Waals surface area contributed by atoms with E-state index in [-0.39, 0.29) is 12.8 Å². The molecule has 188 valence electrons. The Morgan fingerprint density at radius 3 is 1.73 bits per heavy atom. The van der Waals surface area contributed by atoms with Crippen LogP contribution in [0.25, 0.3) is 0 Å². The Morgan fingerprint density at radius 2 is 1.27 bits per heavy atom. The van der Waals surface area contributed by atoms with Crippen molar-refractivity contribution in [1.82, 2.24) is 16.0 Å². The third-order valence-electron chi connectivity index (χ3n) is 4.88. The van der Waals surface area contributed by atoms with Gasteiger partial charge < -0.3 is 42.1 Å². The molecule has 0 heterocycles. The number of aliphatic hydroxyl groups is 1. The third kappa shape index (κ3) is 11.2. The highest BCUT2D eigenvalue weighted by Crippen LogP contribution is 2.09. The van der Waals surface area contributed by atoms with Crippen LogP contribution in [0.3, 0.4) is 0 Å².